The van der Waals surface area contributed by atoms with E-state index in [9.17, 15) is 18.0 Å². The fourth-order valence-electron chi connectivity index (χ4n) is 2.78. The van der Waals surface area contributed by atoms with E-state index in [-0.39, 0.29) is 11.9 Å². The number of carbonyl (C=O) groups excluding carboxylic acids is 1. The van der Waals surface area contributed by atoms with Gasteiger partial charge in [-0.15, -0.1) is 11.3 Å². The summed E-state index contributed by atoms with van der Waals surface area (Å²) in [6, 6.07) is 5.31. The van der Waals surface area contributed by atoms with Crippen molar-refractivity contribution in [1.82, 2.24) is 10.3 Å². The van der Waals surface area contributed by atoms with Gasteiger partial charge in [0.15, 0.2) is 5.13 Å². The lowest BCUT2D eigenvalue weighted by atomic mass is 10.1. The highest BCUT2D eigenvalue weighted by molar-refractivity contribution is 7.15. The molecule has 1 amide bonds. The molecule has 1 unspecified atom stereocenters. The Kier molecular flexibility index (Phi) is 5.39. The molecule has 0 saturated carbocycles. The lowest BCUT2D eigenvalue weighted by Crippen LogP contribution is -2.27. The van der Waals surface area contributed by atoms with Gasteiger partial charge in [0.2, 0.25) is 5.91 Å². The van der Waals surface area contributed by atoms with Crippen LogP contribution in [0, 0.1) is 0 Å². The van der Waals surface area contributed by atoms with Crippen LogP contribution in [0.15, 0.2) is 30.5 Å². The highest BCUT2D eigenvalue weighted by atomic mass is 32.1. The minimum absolute atomic E-state index is 0.0742. The van der Waals surface area contributed by atoms with Crippen molar-refractivity contribution in [3.63, 3.8) is 0 Å². The Morgan fingerprint density at radius 1 is 1.32 bits per heavy atom. The molecule has 3 rings (SSSR count). The number of halogens is 3. The molecule has 1 saturated heterocycles. The van der Waals surface area contributed by atoms with Crippen LogP contribution in [0.3, 0.4) is 0 Å². The molecule has 1 aromatic heterocycles. The molecule has 2 N–H and O–H groups in total. The first-order chi connectivity index (χ1) is 11.9. The van der Waals surface area contributed by atoms with Crippen LogP contribution in [-0.4, -0.2) is 23.5 Å². The smallest absolute Gasteiger partial charge is 0.313 e. The molecule has 2 heterocycles. The molecule has 2 aromatic rings. The molecule has 1 atom stereocenters. The van der Waals surface area contributed by atoms with Gasteiger partial charge in [0.25, 0.3) is 0 Å². The van der Waals surface area contributed by atoms with Crippen molar-refractivity contribution < 1.29 is 18.0 Å². The van der Waals surface area contributed by atoms with Gasteiger partial charge >= 0.3 is 6.18 Å². The lowest BCUT2D eigenvalue weighted by molar-refractivity contribution is -0.137. The monoisotopic (exact) mass is 369 g/mol. The normalized spacial score (nSPS) is 17.6. The van der Waals surface area contributed by atoms with Crippen LogP contribution in [0.2, 0.25) is 0 Å². The number of aromatic nitrogens is 1. The summed E-state index contributed by atoms with van der Waals surface area (Å²) in [5.41, 5.74) is 0.110. The Morgan fingerprint density at radius 3 is 2.72 bits per heavy atom. The molecule has 0 bridgehead atoms. The van der Waals surface area contributed by atoms with E-state index >= 15 is 0 Å². The van der Waals surface area contributed by atoms with Gasteiger partial charge in [0.1, 0.15) is 0 Å². The first kappa shape index (κ1) is 17.9. The van der Waals surface area contributed by atoms with Gasteiger partial charge in [-0.05, 0) is 37.1 Å². The van der Waals surface area contributed by atoms with Crippen LogP contribution in [0.4, 0.5) is 18.3 Å². The van der Waals surface area contributed by atoms with Crippen LogP contribution in [0.25, 0.3) is 0 Å². The number of nitrogens with one attached hydrogen (secondary N) is 2. The number of hydrogen-bond acceptors (Lipinski definition) is 4. The molecule has 1 aliphatic rings. The van der Waals surface area contributed by atoms with Crippen molar-refractivity contribution in [1.29, 1.82) is 0 Å². The van der Waals surface area contributed by atoms with E-state index < -0.39 is 11.7 Å². The van der Waals surface area contributed by atoms with Crippen molar-refractivity contribution in [2.24, 2.45) is 0 Å². The summed E-state index contributed by atoms with van der Waals surface area (Å²) in [7, 11) is 0. The van der Waals surface area contributed by atoms with Crippen LogP contribution >= 0.6 is 11.3 Å². The second-order valence-electron chi connectivity index (χ2n) is 6.05. The molecule has 134 valence electrons. The average molecular weight is 369 g/mol. The van der Waals surface area contributed by atoms with Gasteiger partial charge in [-0.1, -0.05) is 12.1 Å². The van der Waals surface area contributed by atoms with Gasteiger partial charge in [-0.2, -0.15) is 13.2 Å². The molecule has 1 aromatic carbocycles. The summed E-state index contributed by atoms with van der Waals surface area (Å²) in [5, 5.41) is 6.57. The van der Waals surface area contributed by atoms with Gasteiger partial charge in [0, 0.05) is 30.0 Å². The molecule has 4 nitrogen and oxygen atoms in total. The first-order valence-corrected chi connectivity index (χ1v) is 8.86. The van der Waals surface area contributed by atoms with Crippen molar-refractivity contribution in [2.75, 3.05) is 11.9 Å². The van der Waals surface area contributed by atoms with E-state index in [1.165, 1.54) is 23.5 Å². The number of amides is 1. The Bertz CT molecular complexity index is 721. The molecular weight excluding hydrogens is 351 g/mol. The molecule has 0 radical (unpaired) electrons. The summed E-state index contributed by atoms with van der Waals surface area (Å²) >= 11 is 1.34. The predicted octanol–water partition coefficient (Wildman–Crippen LogP) is 3.83. The van der Waals surface area contributed by atoms with Gasteiger partial charge in [-0.3, -0.25) is 4.79 Å². The molecule has 0 spiro atoms. The maximum absolute atomic E-state index is 12.6. The van der Waals surface area contributed by atoms with E-state index in [1.807, 2.05) is 0 Å². The number of anilines is 1. The summed E-state index contributed by atoms with van der Waals surface area (Å²) in [5.74, 6) is -0.0742. The Morgan fingerprint density at radius 2 is 2.08 bits per heavy atom. The maximum Gasteiger partial charge on any atom is 0.416 e. The van der Waals surface area contributed by atoms with Crippen molar-refractivity contribution in [2.45, 2.75) is 37.9 Å². The van der Waals surface area contributed by atoms with Gasteiger partial charge in [0.05, 0.1) is 5.56 Å². The summed E-state index contributed by atoms with van der Waals surface area (Å²) in [6.45, 7) is 0.951. The third-order valence-electron chi connectivity index (χ3n) is 4.05. The second kappa shape index (κ2) is 7.53. The van der Waals surface area contributed by atoms with Crippen LogP contribution < -0.4 is 10.6 Å². The number of nitrogens with zero attached hydrogens (tertiary/aromatic N) is 1. The zero-order chi connectivity index (χ0) is 17.9. The molecule has 8 heteroatoms. The van der Waals surface area contributed by atoms with Crippen LogP contribution in [0.1, 0.15) is 35.3 Å². The number of alkyl halides is 3. The lowest BCUT2D eigenvalue weighted by Gasteiger charge is -2.08. The van der Waals surface area contributed by atoms with Gasteiger partial charge in [-0.25, -0.2) is 4.98 Å². The van der Waals surface area contributed by atoms with E-state index in [0.29, 0.717) is 18.0 Å². The maximum atomic E-state index is 12.6. The Balaban J connectivity index is 1.55. The number of benzene rings is 1. The molecular formula is C17H18F3N3OS. The summed E-state index contributed by atoms with van der Waals surface area (Å²) in [6.07, 6.45) is 0.320. The van der Waals surface area contributed by atoms with Crippen molar-refractivity contribution in [3.05, 3.63) is 46.5 Å². The van der Waals surface area contributed by atoms with Crippen molar-refractivity contribution in [3.8, 4) is 0 Å². The largest absolute Gasteiger partial charge is 0.416 e. The molecule has 0 aliphatic carbocycles. The molecule has 1 aliphatic heterocycles. The zero-order valence-electron chi connectivity index (χ0n) is 13.4. The second-order valence-corrected chi connectivity index (χ2v) is 7.16. The van der Waals surface area contributed by atoms with Gasteiger partial charge < -0.3 is 10.6 Å². The quantitative estimate of drug-likeness (QED) is 0.842. The number of thiazole rings is 1. The van der Waals surface area contributed by atoms with E-state index in [2.05, 4.69) is 15.6 Å². The standard InChI is InChI=1S/C17H18F3N3OS/c18-17(19,20)12-5-3-11(4-6-12)8-14-10-22-16(25-14)23-15(24)9-13-2-1-7-21-13/h3-6,10,13,21H,1-2,7-9H2,(H,22,23,24). The first-order valence-electron chi connectivity index (χ1n) is 8.04. The summed E-state index contributed by atoms with van der Waals surface area (Å²) < 4.78 is 37.7. The zero-order valence-corrected chi connectivity index (χ0v) is 14.2. The van der Waals surface area contributed by atoms with E-state index in [1.54, 1.807) is 6.20 Å². The number of hydrogen-bond donors (Lipinski definition) is 2. The predicted molar refractivity (Wildman–Crippen MR) is 90.6 cm³/mol. The van der Waals surface area contributed by atoms with E-state index in [0.717, 1.165) is 42.0 Å². The SMILES string of the molecule is O=C(CC1CCCN1)Nc1ncc(Cc2ccc(C(F)(F)F)cc2)s1. The summed E-state index contributed by atoms with van der Waals surface area (Å²) in [4.78, 5) is 17.0. The number of carbonyl (C=O) groups is 1. The average Bonchev–Trinajstić information content (AvgIpc) is 3.19. The van der Waals surface area contributed by atoms with Crippen LogP contribution in [-0.2, 0) is 17.4 Å². The Hall–Kier alpha value is -1.93. The minimum atomic E-state index is -4.32. The van der Waals surface area contributed by atoms with Crippen LogP contribution in [0.5, 0.6) is 0 Å². The minimum Gasteiger partial charge on any atom is -0.313 e. The third-order valence-corrected chi connectivity index (χ3v) is 4.97. The highest BCUT2D eigenvalue weighted by Gasteiger charge is 2.29. The van der Waals surface area contributed by atoms with Crippen molar-refractivity contribution >= 4 is 22.4 Å². The topological polar surface area (TPSA) is 54.0 Å². The Labute approximate surface area is 147 Å². The number of rotatable bonds is 5. The molecule has 1 fully saturated rings. The highest BCUT2D eigenvalue weighted by Crippen LogP contribution is 2.30. The fourth-order valence-corrected chi connectivity index (χ4v) is 3.65. The fraction of sp³-hybridized carbons (Fsp3) is 0.412. The third kappa shape index (κ3) is 5.02. The molecule has 25 heavy (non-hydrogen) atoms. The van der Waals surface area contributed by atoms with E-state index in [4.69, 9.17) is 0 Å².